The molecule has 142 valence electrons. The molecule has 7 heteroatoms. The molecule has 0 amide bonds. The van der Waals surface area contributed by atoms with E-state index in [2.05, 4.69) is 9.97 Å². The summed E-state index contributed by atoms with van der Waals surface area (Å²) in [5.74, 6) is 0.941. The predicted molar refractivity (Wildman–Crippen MR) is 107 cm³/mol. The van der Waals surface area contributed by atoms with Gasteiger partial charge < -0.3 is 9.15 Å². The molecule has 0 atom stereocenters. The third-order valence-electron chi connectivity index (χ3n) is 3.96. The minimum atomic E-state index is -0.592. The van der Waals surface area contributed by atoms with Gasteiger partial charge >= 0.3 is 6.09 Å². The van der Waals surface area contributed by atoms with Gasteiger partial charge in [-0.1, -0.05) is 11.6 Å². The van der Waals surface area contributed by atoms with Crippen LogP contribution in [0, 0.1) is 0 Å². The van der Waals surface area contributed by atoms with Crippen molar-refractivity contribution < 1.29 is 13.9 Å². The lowest BCUT2D eigenvalue weighted by atomic mass is 10.2. The van der Waals surface area contributed by atoms with Gasteiger partial charge in [0.15, 0.2) is 11.6 Å². The first-order valence-electron chi connectivity index (χ1n) is 8.74. The Morgan fingerprint density at radius 1 is 1.18 bits per heavy atom. The fourth-order valence-electron chi connectivity index (χ4n) is 2.80. The highest BCUT2D eigenvalue weighted by atomic mass is 35.5. The lowest BCUT2D eigenvalue weighted by molar-refractivity contribution is 0.0540. The van der Waals surface area contributed by atoms with Gasteiger partial charge in [0.25, 0.3) is 0 Å². The number of carbonyl (C=O) groups excluding carboxylic acids is 1. The van der Waals surface area contributed by atoms with Crippen LogP contribution in [0.1, 0.15) is 20.8 Å². The van der Waals surface area contributed by atoms with Gasteiger partial charge in [-0.3, -0.25) is 4.57 Å². The zero-order chi connectivity index (χ0) is 19.9. The Balaban J connectivity index is 1.72. The molecule has 0 fully saturated rings. The Kier molecular flexibility index (Phi) is 4.43. The van der Waals surface area contributed by atoms with Crippen molar-refractivity contribution in [1.29, 1.82) is 0 Å². The largest absolute Gasteiger partial charge is 0.453 e. The average Bonchev–Trinajstić information content (AvgIpc) is 3.27. The van der Waals surface area contributed by atoms with Crippen molar-refractivity contribution in [2.24, 2.45) is 0 Å². The number of aromatic nitrogens is 3. The molecule has 0 N–H and O–H groups in total. The molecule has 4 aromatic rings. The number of furan rings is 1. The van der Waals surface area contributed by atoms with Gasteiger partial charge in [-0.2, -0.15) is 0 Å². The standard InChI is InChI=1S/C21H18ClN3O3/c1-21(2,3)28-20(26)25-10-4-5-16(25)15-8-9-23-19(24-15)18-11-13-6-7-14(22)12-17(13)27-18/h4-12H,1-3H3. The summed E-state index contributed by atoms with van der Waals surface area (Å²) in [5.41, 5.74) is 1.26. The normalized spacial score (nSPS) is 11.7. The van der Waals surface area contributed by atoms with Crippen molar-refractivity contribution in [3.63, 3.8) is 0 Å². The first-order valence-corrected chi connectivity index (χ1v) is 9.11. The van der Waals surface area contributed by atoms with E-state index in [4.69, 9.17) is 20.8 Å². The molecule has 4 rings (SSSR count). The Bertz CT molecular complexity index is 1170. The van der Waals surface area contributed by atoms with E-state index >= 15 is 0 Å². The summed E-state index contributed by atoms with van der Waals surface area (Å²) in [7, 11) is 0. The zero-order valence-corrected chi connectivity index (χ0v) is 16.4. The fraction of sp³-hybridized carbons (Fsp3) is 0.190. The molecule has 0 bridgehead atoms. The SMILES string of the molecule is CC(C)(C)OC(=O)n1cccc1-c1ccnc(-c2cc3ccc(Cl)cc3o2)n1. The van der Waals surface area contributed by atoms with Crippen molar-refractivity contribution in [3.8, 4) is 23.0 Å². The summed E-state index contributed by atoms with van der Waals surface area (Å²) in [4.78, 5) is 21.4. The van der Waals surface area contributed by atoms with Crippen LogP contribution in [0.25, 0.3) is 33.9 Å². The molecule has 0 unspecified atom stereocenters. The molecule has 3 heterocycles. The zero-order valence-electron chi connectivity index (χ0n) is 15.6. The van der Waals surface area contributed by atoms with Crippen LogP contribution >= 0.6 is 11.6 Å². The molecule has 0 aliphatic rings. The number of halogens is 1. The Morgan fingerprint density at radius 3 is 2.79 bits per heavy atom. The molecule has 0 radical (unpaired) electrons. The van der Waals surface area contributed by atoms with Crippen molar-refractivity contribution in [2.75, 3.05) is 0 Å². The lowest BCUT2D eigenvalue weighted by Crippen LogP contribution is -2.27. The second-order valence-corrected chi connectivity index (χ2v) is 7.74. The Labute approximate surface area is 166 Å². The Hall–Kier alpha value is -3.12. The van der Waals surface area contributed by atoms with Crippen LogP contribution in [0.5, 0.6) is 0 Å². The first-order chi connectivity index (χ1) is 13.3. The van der Waals surface area contributed by atoms with Crippen molar-refractivity contribution in [2.45, 2.75) is 26.4 Å². The van der Waals surface area contributed by atoms with E-state index in [1.807, 2.05) is 32.9 Å². The smallest absolute Gasteiger partial charge is 0.419 e. The summed E-state index contributed by atoms with van der Waals surface area (Å²) in [5, 5.41) is 1.50. The molecular formula is C21H18ClN3O3. The second-order valence-electron chi connectivity index (χ2n) is 7.30. The number of nitrogens with zero attached hydrogens (tertiary/aromatic N) is 3. The molecule has 28 heavy (non-hydrogen) atoms. The molecule has 0 spiro atoms. The number of carbonyl (C=O) groups is 1. The summed E-state index contributed by atoms with van der Waals surface area (Å²) >= 11 is 6.02. The maximum atomic E-state index is 12.5. The van der Waals surface area contributed by atoms with Crippen LogP contribution in [0.2, 0.25) is 5.02 Å². The van der Waals surface area contributed by atoms with Gasteiger partial charge in [0.1, 0.15) is 11.2 Å². The van der Waals surface area contributed by atoms with E-state index < -0.39 is 11.7 Å². The van der Waals surface area contributed by atoms with Crippen molar-refractivity contribution >= 4 is 28.7 Å². The van der Waals surface area contributed by atoms with E-state index in [0.29, 0.717) is 33.6 Å². The number of ether oxygens (including phenoxy) is 1. The third kappa shape index (κ3) is 3.64. The molecular weight excluding hydrogens is 378 g/mol. The molecule has 0 aliphatic carbocycles. The summed E-state index contributed by atoms with van der Waals surface area (Å²) in [6, 6.07) is 12.6. The molecule has 1 aromatic carbocycles. The number of benzene rings is 1. The maximum absolute atomic E-state index is 12.5. The predicted octanol–water partition coefficient (Wildman–Crippen LogP) is 5.79. The summed E-state index contributed by atoms with van der Waals surface area (Å²) in [6.45, 7) is 5.47. The quantitative estimate of drug-likeness (QED) is 0.429. The van der Waals surface area contributed by atoms with E-state index in [0.717, 1.165) is 5.39 Å². The third-order valence-corrected chi connectivity index (χ3v) is 4.19. The number of fused-ring (bicyclic) bond motifs is 1. The monoisotopic (exact) mass is 395 g/mol. The molecule has 6 nitrogen and oxygen atoms in total. The summed E-state index contributed by atoms with van der Waals surface area (Å²) in [6.07, 6.45) is 2.81. The van der Waals surface area contributed by atoms with Gasteiger partial charge in [0.2, 0.25) is 0 Å². The van der Waals surface area contributed by atoms with E-state index in [-0.39, 0.29) is 0 Å². The van der Waals surface area contributed by atoms with E-state index in [9.17, 15) is 4.79 Å². The van der Waals surface area contributed by atoms with Crippen LogP contribution in [0.15, 0.2) is 59.3 Å². The number of hydrogen-bond acceptors (Lipinski definition) is 5. The highest BCUT2D eigenvalue weighted by Crippen LogP contribution is 2.29. The van der Waals surface area contributed by atoms with Gasteiger partial charge in [-0.25, -0.2) is 14.8 Å². The molecule has 0 aliphatic heterocycles. The van der Waals surface area contributed by atoms with Gasteiger partial charge in [-0.05, 0) is 57.2 Å². The van der Waals surface area contributed by atoms with E-state index in [1.54, 1.807) is 42.7 Å². The highest BCUT2D eigenvalue weighted by Gasteiger charge is 2.20. The minimum Gasteiger partial charge on any atom is -0.453 e. The van der Waals surface area contributed by atoms with E-state index in [1.165, 1.54) is 4.57 Å². The van der Waals surface area contributed by atoms with Crippen LogP contribution in [0.3, 0.4) is 0 Å². The first kappa shape index (κ1) is 18.3. The maximum Gasteiger partial charge on any atom is 0.419 e. The molecule has 3 aromatic heterocycles. The molecule has 0 saturated carbocycles. The fourth-order valence-corrected chi connectivity index (χ4v) is 2.96. The lowest BCUT2D eigenvalue weighted by Gasteiger charge is -2.20. The van der Waals surface area contributed by atoms with Crippen LogP contribution in [-0.2, 0) is 4.74 Å². The highest BCUT2D eigenvalue weighted by molar-refractivity contribution is 6.31. The van der Waals surface area contributed by atoms with Crippen molar-refractivity contribution in [3.05, 3.63) is 59.9 Å². The topological polar surface area (TPSA) is 70.2 Å². The van der Waals surface area contributed by atoms with Gasteiger partial charge in [0, 0.05) is 28.9 Å². The van der Waals surface area contributed by atoms with Crippen molar-refractivity contribution in [1.82, 2.24) is 14.5 Å². The minimum absolute atomic E-state index is 0.418. The van der Waals surface area contributed by atoms with Gasteiger partial charge in [0.05, 0.1) is 11.4 Å². The summed E-state index contributed by atoms with van der Waals surface area (Å²) < 4.78 is 12.7. The Morgan fingerprint density at radius 2 is 2.00 bits per heavy atom. The van der Waals surface area contributed by atoms with Crippen LogP contribution in [0.4, 0.5) is 4.79 Å². The average molecular weight is 396 g/mol. The van der Waals surface area contributed by atoms with Crippen LogP contribution in [-0.4, -0.2) is 26.2 Å². The molecule has 0 saturated heterocycles. The number of rotatable bonds is 2. The number of hydrogen-bond donors (Lipinski definition) is 0. The van der Waals surface area contributed by atoms with Gasteiger partial charge in [-0.15, -0.1) is 0 Å². The van der Waals surface area contributed by atoms with Crippen LogP contribution < -0.4 is 0 Å². The second kappa shape index (κ2) is 6.80.